The number of hydrogen-bond donors (Lipinski definition) is 1. The average molecular weight is 340 g/mol. The number of carbonyl (C=O) groups excluding carboxylic acids is 1. The molecule has 22 heavy (non-hydrogen) atoms. The van der Waals surface area contributed by atoms with Crippen LogP contribution in [0.25, 0.3) is 0 Å². The van der Waals surface area contributed by atoms with E-state index in [1.807, 2.05) is 23.3 Å². The molecule has 1 aliphatic heterocycles. The molecule has 2 fully saturated rings. The lowest BCUT2D eigenvalue weighted by molar-refractivity contribution is -0.118. The summed E-state index contributed by atoms with van der Waals surface area (Å²) in [6.07, 6.45) is 9.54. The molecule has 1 aromatic rings. The topological polar surface area (TPSA) is 45.2 Å². The monoisotopic (exact) mass is 339 g/mol. The summed E-state index contributed by atoms with van der Waals surface area (Å²) >= 11 is 3.55. The zero-order chi connectivity index (χ0) is 15.2. The Labute approximate surface area is 141 Å². The van der Waals surface area contributed by atoms with Crippen molar-refractivity contribution in [3.8, 4) is 0 Å². The van der Waals surface area contributed by atoms with Gasteiger partial charge in [0.15, 0.2) is 5.13 Å². The molecule has 0 aromatic carbocycles. The van der Waals surface area contributed by atoms with Gasteiger partial charge in [0.2, 0.25) is 5.91 Å². The van der Waals surface area contributed by atoms with Crippen LogP contribution < -0.4 is 10.2 Å². The lowest BCUT2D eigenvalue weighted by atomic mass is 9.98. The number of nitrogens with zero attached hydrogens (tertiary/aromatic N) is 2. The highest BCUT2D eigenvalue weighted by molar-refractivity contribution is 8.00. The van der Waals surface area contributed by atoms with Crippen LogP contribution in [0, 0.1) is 5.92 Å². The number of nitrogens with one attached hydrogen (secondary N) is 1. The molecule has 0 spiro atoms. The normalized spacial score (nSPS) is 22.9. The van der Waals surface area contributed by atoms with Gasteiger partial charge in [-0.3, -0.25) is 4.79 Å². The van der Waals surface area contributed by atoms with Crippen LogP contribution in [0.1, 0.15) is 38.5 Å². The molecular formula is C16H25N3OS2. The highest BCUT2D eigenvalue weighted by Gasteiger charge is 2.22. The van der Waals surface area contributed by atoms with E-state index in [0.717, 1.165) is 30.0 Å². The second kappa shape index (κ2) is 8.20. The van der Waals surface area contributed by atoms with Gasteiger partial charge in [-0.2, -0.15) is 0 Å². The first-order chi connectivity index (χ1) is 10.8. The molecule has 122 valence electrons. The van der Waals surface area contributed by atoms with Gasteiger partial charge in [0.05, 0.1) is 5.75 Å². The second-order valence-corrected chi connectivity index (χ2v) is 8.45. The van der Waals surface area contributed by atoms with Crippen LogP contribution in [-0.4, -0.2) is 41.5 Å². The third-order valence-electron chi connectivity index (χ3n) is 4.55. The zero-order valence-corrected chi connectivity index (χ0v) is 14.6. The maximum atomic E-state index is 12.0. The largest absolute Gasteiger partial charge is 0.355 e. The summed E-state index contributed by atoms with van der Waals surface area (Å²) in [4.78, 5) is 18.8. The summed E-state index contributed by atoms with van der Waals surface area (Å²) in [6, 6.07) is 0. The first-order valence-corrected chi connectivity index (χ1v) is 10.3. The van der Waals surface area contributed by atoms with Crippen molar-refractivity contribution in [2.24, 2.45) is 5.92 Å². The van der Waals surface area contributed by atoms with Crippen LogP contribution in [0.2, 0.25) is 0 Å². The predicted octanol–water partition coefficient (Wildman–Crippen LogP) is 3.15. The Balaban J connectivity index is 1.36. The van der Waals surface area contributed by atoms with Crippen LogP contribution in [0.4, 0.5) is 5.13 Å². The van der Waals surface area contributed by atoms with Gasteiger partial charge in [-0.25, -0.2) is 4.98 Å². The van der Waals surface area contributed by atoms with Crippen LogP contribution >= 0.6 is 23.1 Å². The van der Waals surface area contributed by atoms with Gasteiger partial charge in [0, 0.05) is 36.5 Å². The summed E-state index contributed by atoms with van der Waals surface area (Å²) in [6.45, 7) is 2.92. The molecule has 1 aliphatic carbocycles. The molecule has 1 atom stereocenters. The van der Waals surface area contributed by atoms with Crippen molar-refractivity contribution in [1.82, 2.24) is 10.3 Å². The van der Waals surface area contributed by atoms with Gasteiger partial charge < -0.3 is 10.2 Å². The third-order valence-corrected chi connectivity index (χ3v) is 6.75. The third kappa shape index (κ3) is 4.62. The SMILES string of the molecule is O=C(CSC1CCCC1)NC[C@H]1CCCN(c2nccs2)C1. The first-order valence-electron chi connectivity index (χ1n) is 8.34. The van der Waals surface area contributed by atoms with E-state index in [1.165, 1.54) is 38.5 Å². The molecule has 0 radical (unpaired) electrons. The van der Waals surface area contributed by atoms with E-state index in [9.17, 15) is 4.79 Å². The van der Waals surface area contributed by atoms with Crippen LogP contribution in [-0.2, 0) is 4.79 Å². The fourth-order valence-corrected chi connectivity index (χ4v) is 5.17. The molecule has 2 heterocycles. The number of piperidine rings is 1. The van der Waals surface area contributed by atoms with Gasteiger partial charge in [-0.05, 0) is 31.6 Å². The van der Waals surface area contributed by atoms with E-state index in [4.69, 9.17) is 0 Å². The van der Waals surface area contributed by atoms with Gasteiger partial charge in [0.25, 0.3) is 0 Å². The molecule has 1 saturated heterocycles. The van der Waals surface area contributed by atoms with Crippen molar-refractivity contribution in [3.63, 3.8) is 0 Å². The molecule has 6 heteroatoms. The summed E-state index contributed by atoms with van der Waals surface area (Å²) in [5.74, 6) is 1.40. The van der Waals surface area contributed by atoms with Gasteiger partial charge in [-0.15, -0.1) is 23.1 Å². The van der Waals surface area contributed by atoms with E-state index in [0.29, 0.717) is 11.7 Å². The summed E-state index contributed by atoms with van der Waals surface area (Å²) in [5, 5.41) is 7.01. The van der Waals surface area contributed by atoms with Gasteiger partial charge in [-0.1, -0.05) is 12.8 Å². The lowest BCUT2D eigenvalue weighted by Crippen LogP contribution is -2.41. The minimum absolute atomic E-state index is 0.211. The molecule has 1 amide bonds. The molecular weight excluding hydrogens is 314 g/mol. The number of anilines is 1. The van der Waals surface area contributed by atoms with Crippen molar-refractivity contribution in [2.75, 3.05) is 30.3 Å². The standard InChI is InChI=1S/C16H25N3OS2/c20-15(12-22-14-5-1-2-6-14)18-10-13-4-3-8-19(11-13)16-17-7-9-21-16/h7,9,13-14H,1-6,8,10-12H2,(H,18,20)/t13-/m1/s1. The number of aromatic nitrogens is 1. The number of hydrogen-bond acceptors (Lipinski definition) is 5. The molecule has 1 aromatic heterocycles. The smallest absolute Gasteiger partial charge is 0.230 e. The second-order valence-electron chi connectivity index (χ2n) is 6.29. The highest BCUT2D eigenvalue weighted by Crippen LogP contribution is 2.29. The molecule has 3 rings (SSSR count). The van der Waals surface area contributed by atoms with Crippen molar-refractivity contribution >= 4 is 34.1 Å². The Bertz CT molecular complexity index is 460. The summed E-state index contributed by atoms with van der Waals surface area (Å²) < 4.78 is 0. The molecule has 0 unspecified atom stereocenters. The molecule has 2 aliphatic rings. The van der Waals surface area contributed by atoms with E-state index in [2.05, 4.69) is 15.2 Å². The van der Waals surface area contributed by atoms with Crippen LogP contribution in [0.3, 0.4) is 0 Å². The van der Waals surface area contributed by atoms with Crippen LogP contribution in [0.15, 0.2) is 11.6 Å². The summed E-state index contributed by atoms with van der Waals surface area (Å²) in [5.41, 5.74) is 0. The molecule has 1 saturated carbocycles. The number of thiazole rings is 1. The molecule has 1 N–H and O–H groups in total. The van der Waals surface area contributed by atoms with E-state index in [-0.39, 0.29) is 5.91 Å². The minimum atomic E-state index is 0.211. The predicted molar refractivity (Wildman–Crippen MR) is 94.8 cm³/mol. The Hall–Kier alpha value is -0.750. The summed E-state index contributed by atoms with van der Waals surface area (Å²) in [7, 11) is 0. The lowest BCUT2D eigenvalue weighted by Gasteiger charge is -2.32. The van der Waals surface area contributed by atoms with Gasteiger partial charge >= 0.3 is 0 Å². The number of carbonyl (C=O) groups is 1. The Morgan fingerprint density at radius 3 is 3.00 bits per heavy atom. The fourth-order valence-electron chi connectivity index (χ4n) is 3.34. The Morgan fingerprint density at radius 1 is 1.36 bits per heavy atom. The van der Waals surface area contributed by atoms with E-state index >= 15 is 0 Å². The Morgan fingerprint density at radius 2 is 2.23 bits per heavy atom. The number of rotatable bonds is 6. The fraction of sp³-hybridized carbons (Fsp3) is 0.750. The maximum Gasteiger partial charge on any atom is 0.230 e. The number of thioether (sulfide) groups is 1. The quantitative estimate of drug-likeness (QED) is 0.865. The minimum Gasteiger partial charge on any atom is -0.355 e. The first kappa shape index (κ1) is 16.1. The van der Waals surface area contributed by atoms with E-state index in [1.54, 1.807) is 11.3 Å². The highest BCUT2D eigenvalue weighted by atomic mass is 32.2. The average Bonchev–Trinajstić information content (AvgIpc) is 3.24. The van der Waals surface area contributed by atoms with Crippen molar-refractivity contribution in [2.45, 2.75) is 43.8 Å². The van der Waals surface area contributed by atoms with Gasteiger partial charge in [0.1, 0.15) is 0 Å². The molecule has 4 nitrogen and oxygen atoms in total. The zero-order valence-electron chi connectivity index (χ0n) is 13.0. The Kier molecular flexibility index (Phi) is 6.01. The molecule has 0 bridgehead atoms. The van der Waals surface area contributed by atoms with E-state index < -0.39 is 0 Å². The maximum absolute atomic E-state index is 12.0. The van der Waals surface area contributed by atoms with Crippen molar-refractivity contribution < 1.29 is 4.79 Å². The van der Waals surface area contributed by atoms with Crippen molar-refractivity contribution in [3.05, 3.63) is 11.6 Å². The van der Waals surface area contributed by atoms with Crippen molar-refractivity contribution in [1.29, 1.82) is 0 Å². The number of amides is 1. The van der Waals surface area contributed by atoms with Crippen LogP contribution in [0.5, 0.6) is 0 Å².